The lowest BCUT2D eigenvalue weighted by Crippen LogP contribution is -2.40. The van der Waals surface area contributed by atoms with Crippen LogP contribution in [0.2, 0.25) is 0 Å². The van der Waals surface area contributed by atoms with Gasteiger partial charge in [-0.1, -0.05) is 50.2 Å². The Kier molecular flexibility index (Phi) is 5.35. The number of hydrogen-bond donors (Lipinski definition) is 2. The molecule has 21 heavy (non-hydrogen) atoms. The van der Waals surface area contributed by atoms with E-state index in [9.17, 15) is 9.67 Å². The SMILES string of the molecule is CC(C)C(CO)NP(=O)(c1ccccc1)c1ccccc1. The minimum absolute atomic E-state index is 0.0404. The van der Waals surface area contributed by atoms with Crippen molar-refractivity contribution >= 4 is 17.9 Å². The summed E-state index contributed by atoms with van der Waals surface area (Å²) in [5.41, 5.74) is 0. The van der Waals surface area contributed by atoms with Crippen molar-refractivity contribution in [3.05, 3.63) is 60.7 Å². The van der Waals surface area contributed by atoms with Gasteiger partial charge in [-0.3, -0.25) is 9.65 Å². The van der Waals surface area contributed by atoms with Gasteiger partial charge in [-0.05, 0) is 30.2 Å². The highest BCUT2D eigenvalue weighted by Gasteiger charge is 2.30. The fourth-order valence-electron chi connectivity index (χ4n) is 2.21. The highest BCUT2D eigenvalue weighted by molar-refractivity contribution is 7.76. The number of benzene rings is 2. The third-order valence-electron chi connectivity index (χ3n) is 3.59. The summed E-state index contributed by atoms with van der Waals surface area (Å²) in [6.07, 6.45) is 0. The highest BCUT2D eigenvalue weighted by atomic mass is 31.2. The van der Waals surface area contributed by atoms with E-state index in [0.717, 1.165) is 10.6 Å². The molecule has 0 aromatic heterocycles. The second-order valence-electron chi connectivity index (χ2n) is 5.44. The Morgan fingerprint density at radius 2 is 1.38 bits per heavy atom. The fourth-order valence-corrected chi connectivity index (χ4v) is 4.84. The van der Waals surface area contributed by atoms with Gasteiger partial charge in [0.05, 0.1) is 6.61 Å². The minimum atomic E-state index is -2.96. The number of rotatable bonds is 6. The standard InChI is InChI=1S/C17H22NO2P/c1-14(2)17(13-19)18-21(20,15-9-5-3-6-10-15)16-11-7-4-8-12-16/h3-12,14,17,19H,13H2,1-2H3,(H,18,20). The molecular weight excluding hydrogens is 281 g/mol. The Bertz CT molecular complexity index is 555. The van der Waals surface area contributed by atoms with Gasteiger partial charge in [0.2, 0.25) is 7.29 Å². The van der Waals surface area contributed by atoms with Crippen LogP contribution in [-0.2, 0) is 4.57 Å². The van der Waals surface area contributed by atoms with E-state index in [1.165, 1.54) is 0 Å². The topological polar surface area (TPSA) is 49.3 Å². The van der Waals surface area contributed by atoms with Crippen LogP contribution in [0.15, 0.2) is 60.7 Å². The molecular formula is C17H22NO2P. The highest BCUT2D eigenvalue weighted by Crippen LogP contribution is 2.39. The Balaban J connectivity index is 2.48. The quantitative estimate of drug-likeness (QED) is 0.806. The minimum Gasteiger partial charge on any atom is -0.395 e. The average molecular weight is 303 g/mol. The van der Waals surface area contributed by atoms with Gasteiger partial charge in [0, 0.05) is 16.7 Å². The summed E-state index contributed by atoms with van der Waals surface area (Å²) in [6.45, 7) is 3.98. The molecule has 0 saturated carbocycles. The molecule has 0 spiro atoms. The van der Waals surface area contributed by atoms with Gasteiger partial charge >= 0.3 is 0 Å². The molecule has 0 heterocycles. The molecule has 0 radical (unpaired) electrons. The molecule has 0 aliphatic heterocycles. The second-order valence-corrected chi connectivity index (χ2v) is 7.95. The maximum atomic E-state index is 13.7. The molecule has 3 nitrogen and oxygen atoms in total. The molecule has 1 unspecified atom stereocenters. The zero-order valence-corrected chi connectivity index (χ0v) is 13.3. The molecule has 2 aromatic rings. The molecule has 1 atom stereocenters. The molecule has 0 aliphatic carbocycles. The van der Waals surface area contributed by atoms with Gasteiger partial charge < -0.3 is 5.11 Å². The van der Waals surface area contributed by atoms with Crippen LogP contribution < -0.4 is 15.7 Å². The van der Waals surface area contributed by atoms with Gasteiger partial charge in [-0.2, -0.15) is 0 Å². The molecule has 2 rings (SSSR count). The van der Waals surface area contributed by atoms with E-state index in [-0.39, 0.29) is 18.6 Å². The molecule has 2 N–H and O–H groups in total. The fraction of sp³-hybridized carbons (Fsp3) is 0.294. The average Bonchev–Trinajstić information content (AvgIpc) is 2.53. The molecule has 0 saturated heterocycles. The summed E-state index contributed by atoms with van der Waals surface area (Å²) in [4.78, 5) is 0. The Morgan fingerprint density at radius 3 is 1.71 bits per heavy atom. The van der Waals surface area contributed by atoms with Crippen LogP contribution in [0.5, 0.6) is 0 Å². The maximum Gasteiger partial charge on any atom is 0.204 e. The van der Waals surface area contributed by atoms with Crippen molar-refractivity contribution in [2.75, 3.05) is 6.61 Å². The number of nitrogens with one attached hydrogen (secondary N) is 1. The Labute approximate surface area is 126 Å². The van der Waals surface area contributed by atoms with Crippen LogP contribution in [0.4, 0.5) is 0 Å². The molecule has 112 valence electrons. The molecule has 0 fully saturated rings. The Hall–Kier alpha value is -1.41. The van der Waals surface area contributed by atoms with E-state index in [1.54, 1.807) is 0 Å². The van der Waals surface area contributed by atoms with Gasteiger partial charge in [0.25, 0.3) is 0 Å². The lowest BCUT2D eigenvalue weighted by Gasteiger charge is -2.28. The predicted molar refractivity (Wildman–Crippen MR) is 88.6 cm³/mol. The predicted octanol–water partition coefficient (Wildman–Crippen LogP) is 2.52. The largest absolute Gasteiger partial charge is 0.395 e. The van der Waals surface area contributed by atoms with Gasteiger partial charge in [-0.25, -0.2) is 0 Å². The van der Waals surface area contributed by atoms with Crippen LogP contribution in [0.1, 0.15) is 13.8 Å². The van der Waals surface area contributed by atoms with Crippen LogP contribution in [-0.4, -0.2) is 17.8 Å². The maximum absolute atomic E-state index is 13.7. The smallest absolute Gasteiger partial charge is 0.204 e. The lowest BCUT2D eigenvalue weighted by molar-refractivity contribution is 0.228. The molecule has 4 heteroatoms. The summed E-state index contributed by atoms with van der Waals surface area (Å²) in [7, 11) is -2.96. The monoisotopic (exact) mass is 303 g/mol. The van der Waals surface area contributed by atoms with E-state index in [1.807, 2.05) is 74.5 Å². The summed E-state index contributed by atoms with van der Waals surface area (Å²) >= 11 is 0. The Morgan fingerprint density at radius 1 is 0.952 bits per heavy atom. The van der Waals surface area contributed by atoms with E-state index in [2.05, 4.69) is 5.09 Å². The molecule has 0 bridgehead atoms. The van der Waals surface area contributed by atoms with Gasteiger partial charge in [-0.15, -0.1) is 0 Å². The van der Waals surface area contributed by atoms with E-state index >= 15 is 0 Å². The summed E-state index contributed by atoms with van der Waals surface area (Å²) in [5.74, 6) is 0.191. The molecule has 2 aromatic carbocycles. The van der Waals surface area contributed by atoms with Crippen molar-refractivity contribution in [1.29, 1.82) is 0 Å². The third-order valence-corrected chi connectivity index (χ3v) is 6.33. The van der Waals surface area contributed by atoms with E-state index in [0.29, 0.717) is 0 Å². The van der Waals surface area contributed by atoms with Crippen LogP contribution in [0.25, 0.3) is 0 Å². The van der Waals surface area contributed by atoms with Crippen molar-refractivity contribution < 1.29 is 9.67 Å². The zero-order valence-electron chi connectivity index (χ0n) is 12.4. The number of hydrogen-bond acceptors (Lipinski definition) is 2. The van der Waals surface area contributed by atoms with Crippen molar-refractivity contribution in [2.45, 2.75) is 19.9 Å². The van der Waals surface area contributed by atoms with E-state index < -0.39 is 7.29 Å². The normalized spacial score (nSPS) is 13.3. The number of aliphatic hydroxyl groups excluding tert-OH is 1. The second kappa shape index (κ2) is 7.04. The van der Waals surface area contributed by atoms with Crippen molar-refractivity contribution in [2.24, 2.45) is 5.92 Å². The van der Waals surface area contributed by atoms with Crippen molar-refractivity contribution in [1.82, 2.24) is 5.09 Å². The third kappa shape index (κ3) is 3.62. The van der Waals surface area contributed by atoms with Gasteiger partial charge in [0.1, 0.15) is 0 Å². The molecule has 0 amide bonds. The lowest BCUT2D eigenvalue weighted by atomic mass is 10.1. The first-order valence-corrected chi connectivity index (χ1v) is 8.88. The van der Waals surface area contributed by atoms with Crippen LogP contribution >= 0.6 is 7.29 Å². The first-order chi connectivity index (χ1) is 10.1. The van der Waals surface area contributed by atoms with Crippen LogP contribution in [0, 0.1) is 5.92 Å². The van der Waals surface area contributed by atoms with Crippen molar-refractivity contribution in [3.8, 4) is 0 Å². The zero-order chi connectivity index (χ0) is 15.3. The van der Waals surface area contributed by atoms with Crippen molar-refractivity contribution in [3.63, 3.8) is 0 Å². The van der Waals surface area contributed by atoms with E-state index in [4.69, 9.17) is 0 Å². The number of aliphatic hydroxyl groups is 1. The first kappa shape index (κ1) is 16.0. The summed E-state index contributed by atoms with van der Waals surface area (Å²) in [6, 6.07) is 18.6. The van der Waals surface area contributed by atoms with Gasteiger partial charge in [0.15, 0.2) is 0 Å². The summed E-state index contributed by atoms with van der Waals surface area (Å²) < 4.78 is 13.7. The molecule has 0 aliphatic rings. The summed E-state index contributed by atoms with van der Waals surface area (Å²) in [5, 5.41) is 14.3. The first-order valence-electron chi connectivity index (χ1n) is 7.18. The van der Waals surface area contributed by atoms with Crippen LogP contribution in [0.3, 0.4) is 0 Å².